The number of benzene rings is 1. The van der Waals surface area contributed by atoms with E-state index in [0.717, 1.165) is 9.80 Å². The molecule has 1 aromatic rings. The number of hydrogen-bond donors (Lipinski definition) is 2. The van der Waals surface area contributed by atoms with Crippen LogP contribution in [0, 0.1) is 0 Å². The van der Waals surface area contributed by atoms with E-state index in [1.165, 1.54) is 7.05 Å². The number of anilines is 1. The van der Waals surface area contributed by atoms with Crippen molar-refractivity contribution in [3.63, 3.8) is 0 Å². The van der Waals surface area contributed by atoms with Gasteiger partial charge in [-0.15, -0.1) is 0 Å². The molecular weight excluding hydrogens is 472 g/mol. The Morgan fingerprint density at radius 1 is 0.889 bits per heavy atom. The number of carbonyl (C=O) groups is 4. The standard InChI is InChI=1S/C24H34N4O8/c1-27-20(29)6-5-19(23(27)31)28-22(30)17-3-2-4-18(21(17)24(28)32)26-8-10-34-12-14-36-16-15-35-13-11-33-9-7-25/h2-4,19,26H,5-16,25H2,1H3. The number of piperidine rings is 1. The van der Waals surface area contributed by atoms with Gasteiger partial charge >= 0.3 is 0 Å². The number of amides is 4. The fourth-order valence-electron chi connectivity index (χ4n) is 3.97. The Morgan fingerprint density at radius 2 is 1.50 bits per heavy atom. The summed E-state index contributed by atoms with van der Waals surface area (Å²) in [6.45, 7) is 4.52. The third kappa shape index (κ3) is 6.86. The minimum atomic E-state index is -0.980. The first-order valence-corrected chi connectivity index (χ1v) is 12.0. The molecule has 3 N–H and O–H groups in total. The van der Waals surface area contributed by atoms with Crippen molar-refractivity contribution in [1.82, 2.24) is 9.80 Å². The van der Waals surface area contributed by atoms with E-state index in [1.807, 2.05) is 0 Å². The number of rotatable bonds is 16. The van der Waals surface area contributed by atoms with E-state index in [0.29, 0.717) is 71.6 Å². The van der Waals surface area contributed by atoms with Crippen LogP contribution in [0.5, 0.6) is 0 Å². The largest absolute Gasteiger partial charge is 0.382 e. The highest BCUT2D eigenvalue weighted by Crippen LogP contribution is 2.33. The van der Waals surface area contributed by atoms with Crippen molar-refractivity contribution in [1.29, 1.82) is 0 Å². The topological polar surface area (TPSA) is 150 Å². The molecule has 3 rings (SSSR count). The fraction of sp³-hybridized carbons (Fsp3) is 0.583. The van der Waals surface area contributed by atoms with Gasteiger partial charge in [-0.3, -0.25) is 29.0 Å². The highest BCUT2D eigenvalue weighted by Gasteiger charge is 2.47. The SMILES string of the molecule is CN1C(=O)CCC(N2C(=O)c3cccc(NCCOCCOCCOCCOCCN)c3C2=O)C1=O. The van der Waals surface area contributed by atoms with Crippen LogP contribution in [0.15, 0.2) is 18.2 Å². The van der Waals surface area contributed by atoms with Gasteiger partial charge < -0.3 is 30.0 Å². The van der Waals surface area contributed by atoms with E-state index in [1.54, 1.807) is 18.2 Å². The Kier molecular flexibility index (Phi) is 10.8. The van der Waals surface area contributed by atoms with Crippen LogP contribution in [0.3, 0.4) is 0 Å². The molecule has 1 unspecified atom stereocenters. The monoisotopic (exact) mass is 506 g/mol. The molecule has 1 saturated heterocycles. The molecule has 0 spiro atoms. The molecule has 1 atom stereocenters. The Bertz CT molecular complexity index is 941. The Balaban J connectivity index is 1.38. The lowest BCUT2D eigenvalue weighted by molar-refractivity contribution is -0.149. The lowest BCUT2D eigenvalue weighted by Crippen LogP contribution is -2.54. The number of ether oxygens (including phenoxy) is 4. The Morgan fingerprint density at radius 3 is 2.14 bits per heavy atom. The second-order valence-electron chi connectivity index (χ2n) is 8.22. The number of nitrogens with zero attached hydrogens (tertiary/aromatic N) is 2. The highest BCUT2D eigenvalue weighted by molar-refractivity contribution is 6.25. The molecule has 0 aromatic heterocycles. The summed E-state index contributed by atoms with van der Waals surface area (Å²) in [5.74, 6) is -1.94. The van der Waals surface area contributed by atoms with Gasteiger partial charge in [0, 0.05) is 32.2 Å². The molecule has 36 heavy (non-hydrogen) atoms. The molecule has 1 fully saturated rings. The van der Waals surface area contributed by atoms with Crippen LogP contribution in [0.4, 0.5) is 5.69 Å². The molecule has 0 aliphatic carbocycles. The number of hydrogen-bond acceptors (Lipinski definition) is 10. The second kappa shape index (κ2) is 14.0. The number of fused-ring (bicyclic) bond motifs is 1. The van der Waals surface area contributed by atoms with Gasteiger partial charge in [0.2, 0.25) is 5.91 Å². The number of likely N-dealkylation sites (tertiary alicyclic amines) is 1. The molecule has 198 valence electrons. The van der Waals surface area contributed by atoms with Gasteiger partial charge in [-0.2, -0.15) is 0 Å². The predicted octanol–water partition coefficient (Wildman–Crippen LogP) is -0.133. The maximum Gasteiger partial charge on any atom is 0.264 e. The first-order valence-electron chi connectivity index (χ1n) is 12.0. The minimum Gasteiger partial charge on any atom is -0.382 e. The third-order valence-electron chi connectivity index (χ3n) is 5.82. The number of likely N-dealkylation sites (N-methyl/N-ethyl adjacent to an activating group) is 1. The van der Waals surface area contributed by atoms with Crippen molar-refractivity contribution in [3.05, 3.63) is 29.3 Å². The highest BCUT2D eigenvalue weighted by atomic mass is 16.6. The summed E-state index contributed by atoms with van der Waals surface area (Å²) < 4.78 is 21.5. The van der Waals surface area contributed by atoms with Gasteiger partial charge in [0.1, 0.15) is 6.04 Å². The normalized spacial score (nSPS) is 17.8. The first-order chi connectivity index (χ1) is 17.5. The van der Waals surface area contributed by atoms with E-state index in [-0.39, 0.29) is 29.9 Å². The van der Waals surface area contributed by atoms with Crippen LogP contribution in [-0.4, -0.2) is 112 Å². The maximum absolute atomic E-state index is 13.1. The average molecular weight is 507 g/mol. The summed E-state index contributed by atoms with van der Waals surface area (Å²) in [6, 6.07) is 3.96. The van der Waals surface area contributed by atoms with Crippen LogP contribution in [0.2, 0.25) is 0 Å². The first kappa shape index (κ1) is 27.7. The molecule has 0 radical (unpaired) electrons. The van der Waals surface area contributed by atoms with Crippen molar-refractivity contribution in [2.45, 2.75) is 18.9 Å². The number of nitrogens with one attached hydrogen (secondary N) is 1. The van der Waals surface area contributed by atoms with Gasteiger partial charge in [-0.05, 0) is 18.6 Å². The van der Waals surface area contributed by atoms with Gasteiger partial charge in [0.15, 0.2) is 0 Å². The second-order valence-corrected chi connectivity index (χ2v) is 8.22. The summed E-state index contributed by atoms with van der Waals surface area (Å²) in [5.41, 5.74) is 6.28. The van der Waals surface area contributed by atoms with E-state index < -0.39 is 23.8 Å². The molecular formula is C24H34N4O8. The number of nitrogens with two attached hydrogens (primary N) is 1. The maximum atomic E-state index is 13.1. The summed E-state index contributed by atoms with van der Waals surface area (Å²) >= 11 is 0. The number of carbonyl (C=O) groups excluding carboxylic acids is 4. The van der Waals surface area contributed by atoms with Crippen LogP contribution in [0.25, 0.3) is 0 Å². The van der Waals surface area contributed by atoms with Gasteiger partial charge in [-0.1, -0.05) is 6.07 Å². The predicted molar refractivity (Wildman–Crippen MR) is 129 cm³/mol. The summed E-state index contributed by atoms with van der Waals surface area (Å²) in [4.78, 5) is 52.4. The zero-order valence-corrected chi connectivity index (χ0v) is 20.5. The molecule has 12 nitrogen and oxygen atoms in total. The third-order valence-corrected chi connectivity index (χ3v) is 5.82. The smallest absolute Gasteiger partial charge is 0.264 e. The average Bonchev–Trinajstić information content (AvgIpc) is 3.13. The van der Waals surface area contributed by atoms with E-state index in [4.69, 9.17) is 24.7 Å². The molecule has 12 heteroatoms. The molecule has 0 bridgehead atoms. The van der Waals surface area contributed by atoms with Crippen molar-refractivity contribution in [2.75, 3.05) is 78.3 Å². The van der Waals surface area contributed by atoms with E-state index >= 15 is 0 Å². The van der Waals surface area contributed by atoms with Gasteiger partial charge in [0.25, 0.3) is 17.7 Å². The van der Waals surface area contributed by atoms with Crippen molar-refractivity contribution in [2.24, 2.45) is 5.73 Å². The Labute approximate surface area is 209 Å². The molecule has 2 aliphatic heterocycles. The fourth-order valence-corrected chi connectivity index (χ4v) is 3.97. The molecule has 2 aliphatic rings. The molecule has 2 heterocycles. The van der Waals surface area contributed by atoms with E-state index in [2.05, 4.69) is 5.32 Å². The molecule has 0 saturated carbocycles. The van der Waals surface area contributed by atoms with Crippen LogP contribution >= 0.6 is 0 Å². The Hall–Kier alpha value is -2.90. The van der Waals surface area contributed by atoms with Crippen molar-refractivity contribution >= 4 is 29.3 Å². The van der Waals surface area contributed by atoms with Gasteiger partial charge in [0.05, 0.1) is 64.0 Å². The summed E-state index contributed by atoms with van der Waals surface area (Å²) in [6.07, 6.45) is 0.227. The van der Waals surface area contributed by atoms with Crippen LogP contribution in [0.1, 0.15) is 33.6 Å². The quantitative estimate of drug-likeness (QED) is 0.229. The van der Waals surface area contributed by atoms with E-state index in [9.17, 15) is 19.2 Å². The van der Waals surface area contributed by atoms with Crippen molar-refractivity contribution in [3.8, 4) is 0 Å². The van der Waals surface area contributed by atoms with Crippen molar-refractivity contribution < 1.29 is 38.1 Å². The van der Waals surface area contributed by atoms with Crippen LogP contribution < -0.4 is 11.1 Å². The molecule has 4 amide bonds. The van der Waals surface area contributed by atoms with Gasteiger partial charge in [-0.25, -0.2) is 0 Å². The molecule has 1 aromatic carbocycles. The minimum absolute atomic E-state index is 0.101. The zero-order valence-electron chi connectivity index (χ0n) is 20.5. The lowest BCUT2D eigenvalue weighted by atomic mass is 10.0. The zero-order chi connectivity index (χ0) is 25.9. The van der Waals surface area contributed by atoms with Crippen LogP contribution in [-0.2, 0) is 28.5 Å². The summed E-state index contributed by atoms with van der Waals surface area (Å²) in [5, 5.41) is 3.13. The number of imide groups is 2. The summed E-state index contributed by atoms with van der Waals surface area (Å²) in [7, 11) is 1.36. The lowest BCUT2D eigenvalue weighted by Gasteiger charge is -2.32.